The molecule has 1 amide bonds. The summed E-state index contributed by atoms with van der Waals surface area (Å²) in [7, 11) is 1.61. The maximum Gasteiger partial charge on any atom is 0.255 e. The first-order chi connectivity index (χ1) is 13.5. The van der Waals surface area contributed by atoms with E-state index < -0.39 is 0 Å². The van der Waals surface area contributed by atoms with Crippen LogP contribution in [0.3, 0.4) is 0 Å². The van der Waals surface area contributed by atoms with Crippen molar-refractivity contribution >= 4 is 34.6 Å². The highest BCUT2D eigenvalue weighted by molar-refractivity contribution is 7.80. The van der Waals surface area contributed by atoms with Crippen LogP contribution in [0.4, 0.5) is 11.4 Å². The van der Waals surface area contributed by atoms with Crippen molar-refractivity contribution in [3.8, 4) is 5.75 Å². The molecule has 0 radical (unpaired) electrons. The first-order valence-corrected chi connectivity index (χ1v) is 10.1. The zero-order chi connectivity index (χ0) is 19.9. The highest BCUT2D eigenvalue weighted by atomic mass is 32.1. The third-order valence-electron chi connectivity index (χ3n) is 5.18. The molecule has 28 heavy (non-hydrogen) atoms. The quantitative estimate of drug-likeness (QED) is 0.632. The van der Waals surface area contributed by atoms with Crippen LogP contribution in [0.1, 0.15) is 43.0 Å². The number of thiocarbonyl (C=S) groups is 1. The summed E-state index contributed by atoms with van der Waals surface area (Å²) in [6.45, 7) is 2.27. The lowest BCUT2D eigenvalue weighted by Gasteiger charge is -2.30. The number of amides is 1. The second kappa shape index (κ2) is 9.55. The number of rotatable bonds is 5. The van der Waals surface area contributed by atoms with Crippen LogP contribution in [0.2, 0.25) is 0 Å². The van der Waals surface area contributed by atoms with Gasteiger partial charge in [-0.2, -0.15) is 0 Å². The largest absolute Gasteiger partial charge is 0.497 e. The summed E-state index contributed by atoms with van der Waals surface area (Å²) < 4.78 is 5.12. The van der Waals surface area contributed by atoms with Crippen molar-refractivity contribution in [2.45, 2.75) is 38.6 Å². The van der Waals surface area contributed by atoms with E-state index in [1.165, 1.54) is 19.3 Å². The normalized spacial score (nSPS) is 18.8. The highest BCUT2D eigenvalue weighted by Crippen LogP contribution is 2.24. The first kappa shape index (κ1) is 20.1. The molecule has 6 heteroatoms. The third kappa shape index (κ3) is 5.45. The number of carbonyl (C=O) groups is 1. The number of hydrogen-bond acceptors (Lipinski definition) is 3. The lowest BCUT2D eigenvalue weighted by Crippen LogP contribution is -2.43. The molecule has 0 unspecified atom stereocenters. The minimum Gasteiger partial charge on any atom is -0.497 e. The van der Waals surface area contributed by atoms with Gasteiger partial charge in [-0.05, 0) is 79.5 Å². The summed E-state index contributed by atoms with van der Waals surface area (Å²) in [4.78, 5) is 12.4. The summed E-state index contributed by atoms with van der Waals surface area (Å²) in [5.74, 6) is 1.23. The number of methoxy groups -OCH3 is 1. The van der Waals surface area contributed by atoms with Crippen molar-refractivity contribution in [1.82, 2.24) is 5.32 Å². The Morgan fingerprint density at radius 3 is 2.21 bits per heavy atom. The monoisotopic (exact) mass is 397 g/mol. The number of benzene rings is 2. The van der Waals surface area contributed by atoms with Gasteiger partial charge in [-0.15, -0.1) is 0 Å². The fraction of sp³-hybridized carbons (Fsp3) is 0.364. The van der Waals surface area contributed by atoms with Gasteiger partial charge in [0.1, 0.15) is 5.75 Å². The molecule has 2 atom stereocenters. The molecule has 0 aliphatic heterocycles. The zero-order valence-electron chi connectivity index (χ0n) is 16.3. The summed E-state index contributed by atoms with van der Waals surface area (Å²) in [5.41, 5.74) is 2.17. The summed E-state index contributed by atoms with van der Waals surface area (Å²) >= 11 is 5.45. The fourth-order valence-corrected chi connectivity index (χ4v) is 3.72. The van der Waals surface area contributed by atoms with Crippen LogP contribution in [0.5, 0.6) is 5.75 Å². The third-order valence-corrected chi connectivity index (χ3v) is 5.40. The van der Waals surface area contributed by atoms with Crippen LogP contribution in [0, 0.1) is 5.92 Å². The van der Waals surface area contributed by atoms with Gasteiger partial charge in [0.05, 0.1) is 7.11 Å². The maximum atomic E-state index is 12.4. The van der Waals surface area contributed by atoms with Gasteiger partial charge in [-0.3, -0.25) is 4.79 Å². The van der Waals surface area contributed by atoms with Crippen LogP contribution in [-0.2, 0) is 0 Å². The van der Waals surface area contributed by atoms with Gasteiger partial charge in [0.15, 0.2) is 5.11 Å². The molecule has 3 rings (SSSR count). The van der Waals surface area contributed by atoms with E-state index in [2.05, 4.69) is 22.9 Å². The number of ether oxygens (including phenoxy) is 1. The molecule has 3 N–H and O–H groups in total. The molecule has 2 aromatic carbocycles. The van der Waals surface area contributed by atoms with Crippen LogP contribution >= 0.6 is 12.2 Å². The van der Waals surface area contributed by atoms with Crippen LogP contribution in [0.15, 0.2) is 48.5 Å². The predicted molar refractivity (Wildman–Crippen MR) is 118 cm³/mol. The van der Waals surface area contributed by atoms with Crippen LogP contribution in [-0.4, -0.2) is 24.2 Å². The lowest BCUT2D eigenvalue weighted by molar-refractivity contribution is 0.102. The predicted octanol–water partition coefficient (Wildman–Crippen LogP) is 4.81. The Morgan fingerprint density at radius 1 is 0.964 bits per heavy atom. The molecule has 1 aliphatic carbocycles. The van der Waals surface area contributed by atoms with E-state index >= 15 is 0 Å². The zero-order valence-corrected chi connectivity index (χ0v) is 17.1. The van der Waals surface area contributed by atoms with E-state index in [0.717, 1.165) is 23.5 Å². The van der Waals surface area contributed by atoms with Crippen LogP contribution in [0.25, 0.3) is 0 Å². The maximum absolute atomic E-state index is 12.4. The van der Waals surface area contributed by atoms with E-state index in [1.807, 2.05) is 36.4 Å². The molecular weight excluding hydrogens is 370 g/mol. The Hall–Kier alpha value is -2.60. The molecule has 1 aliphatic rings. The molecule has 0 saturated heterocycles. The van der Waals surface area contributed by atoms with Crippen molar-refractivity contribution in [1.29, 1.82) is 0 Å². The van der Waals surface area contributed by atoms with Gasteiger partial charge < -0.3 is 20.7 Å². The Balaban J connectivity index is 1.53. The van der Waals surface area contributed by atoms with E-state index in [1.54, 1.807) is 19.2 Å². The van der Waals surface area contributed by atoms with Crippen molar-refractivity contribution in [2.24, 2.45) is 5.92 Å². The van der Waals surface area contributed by atoms with Gasteiger partial charge in [0, 0.05) is 23.0 Å². The molecule has 0 bridgehead atoms. The van der Waals surface area contributed by atoms with Crippen molar-refractivity contribution in [2.75, 3.05) is 17.7 Å². The standard InChI is InChI=1S/C22H27N3O2S/c1-15-5-3-4-6-20(15)25-22(28)24-18-9-7-16(8-10-18)21(26)23-17-11-13-19(27-2)14-12-17/h7-15,20H,3-6H2,1-2H3,(H,23,26)(H2,24,25,28)/t15-,20-/m1/s1. The lowest BCUT2D eigenvalue weighted by atomic mass is 9.86. The van der Waals surface area contributed by atoms with Crippen molar-refractivity contribution in [3.05, 3.63) is 54.1 Å². The second-order valence-electron chi connectivity index (χ2n) is 7.23. The molecule has 0 aromatic heterocycles. The Bertz CT molecular complexity index is 806. The molecule has 0 heterocycles. The molecule has 5 nitrogen and oxygen atoms in total. The Labute approximate surface area is 171 Å². The highest BCUT2D eigenvalue weighted by Gasteiger charge is 2.21. The number of hydrogen-bond donors (Lipinski definition) is 3. The molecule has 2 aromatic rings. The fourth-order valence-electron chi connectivity index (χ4n) is 3.45. The SMILES string of the molecule is COc1ccc(NC(=O)c2ccc(NC(=S)N[C@@H]3CCCC[C@H]3C)cc2)cc1. The average molecular weight is 398 g/mol. The van der Waals surface area contributed by atoms with Crippen LogP contribution < -0.4 is 20.7 Å². The van der Waals surface area contributed by atoms with E-state index in [0.29, 0.717) is 22.6 Å². The summed E-state index contributed by atoms with van der Waals surface area (Å²) in [6.07, 6.45) is 4.97. The number of carbonyl (C=O) groups excluding carboxylic acids is 1. The molecule has 148 valence electrons. The topological polar surface area (TPSA) is 62.4 Å². The molecule has 1 saturated carbocycles. The smallest absolute Gasteiger partial charge is 0.255 e. The van der Waals surface area contributed by atoms with Crippen molar-refractivity contribution < 1.29 is 9.53 Å². The van der Waals surface area contributed by atoms with Gasteiger partial charge in [0.25, 0.3) is 5.91 Å². The minimum atomic E-state index is -0.159. The molecular formula is C22H27N3O2S. The van der Waals surface area contributed by atoms with Gasteiger partial charge >= 0.3 is 0 Å². The van der Waals surface area contributed by atoms with Gasteiger partial charge in [-0.1, -0.05) is 19.8 Å². The average Bonchev–Trinajstić information content (AvgIpc) is 2.71. The molecule has 0 spiro atoms. The van der Waals surface area contributed by atoms with Gasteiger partial charge in [-0.25, -0.2) is 0 Å². The van der Waals surface area contributed by atoms with Crippen molar-refractivity contribution in [3.63, 3.8) is 0 Å². The summed E-state index contributed by atoms with van der Waals surface area (Å²) in [5, 5.41) is 10.1. The minimum absolute atomic E-state index is 0.159. The molecule has 1 fully saturated rings. The van der Waals surface area contributed by atoms with E-state index in [9.17, 15) is 4.79 Å². The second-order valence-corrected chi connectivity index (χ2v) is 7.63. The number of nitrogens with one attached hydrogen (secondary N) is 3. The Morgan fingerprint density at radius 2 is 1.57 bits per heavy atom. The summed E-state index contributed by atoms with van der Waals surface area (Å²) in [6, 6.07) is 15.0. The van der Waals surface area contributed by atoms with Gasteiger partial charge in [0.2, 0.25) is 0 Å². The number of anilines is 2. The van der Waals surface area contributed by atoms with E-state index in [4.69, 9.17) is 17.0 Å². The Kier molecular flexibility index (Phi) is 6.87. The van der Waals surface area contributed by atoms with E-state index in [-0.39, 0.29) is 5.91 Å². The first-order valence-electron chi connectivity index (χ1n) is 9.68.